The summed E-state index contributed by atoms with van der Waals surface area (Å²) in [7, 11) is 6.35. The molecule has 1 aromatic heterocycles. The van der Waals surface area contributed by atoms with E-state index in [4.69, 9.17) is 0 Å². The molecule has 190 valence electrons. The second-order valence-electron chi connectivity index (χ2n) is 10.6. The summed E-state index contributed by atoms with van der Waals surface area (Å²) in [5.74, 6) is 0.0268. The predicted octanol–water partition coefficient (Wildman–Crippen LogP) is 6.87. The van der Waals surface area contributed by atoms with Gasteiger partial charge in [0.05, 0.1) is 5.54 Å². The molecular formula is C33H37N3O. The number of rotatable bonds is 6. The fourth-order valence-electron chi connectivity index (χ4n) is 6.37. The summed E-state index contributed by atoms with van der Waals surface area (Å²) in [6, 6.07) is 29.3. The molecule has 0 spiro atoms. The van der Waals surface area contributed by atoms with E-state index >= 15 is 0 Å². The van der Waals surface area contributed by atoms with Crippen LogP contribution in [0.5, 0.6) is 0 Å². The van der Waals surface area contributed by atoms with Crippen molar-refractivity contribution in [1.82, 2.24) is 14.8 Å². The smallest absolute Gasteiger partial charge is 0.247 e. The Kier molecular flexibility index (Phi) is 6.78. The van der Waals surface area contributed by atoms with Crippen LogP contribution in [0.15, 0.2) is 91.0 Å². The monoisotopic (exact) mass is 491 g/mol. The zero-order valence-electron chi connectivity index (χ0n) is 22.4. The zero-order valence-corrected chi connectivity index (χ0v) is 22.4. The highest BCUT2D eigenvalue weighted by molar-refractivity contribution is 5.92. The Labute approximate surface area is 220 Å². The standard InChI is InChI=1S/C33H37N3O/c1-25-28-17-11-12-18-29(28)34-31(25)33(36(4)30(37)20-19-26-13-7-5-8-14-26)23-21-32(22-24-33,35(2)3)27-15-9-6-10-16-27/h5-20,34H,21-24H2,1-4H3/b20-19+. The van der Waals surface area contributed by atoms with Gasteiger partial charge in [0.15, 0.2) is 0 Å². The Morgan fingerprint density at radius 1 is 0.784 bits per heavy atom. The summed E-state index contributed by atoms with van der Waals surface area (Å²) in [5, 5.41) is 1.23. The van der Waals surface area contributed by atoms with Crippen LogP contribution in [0.25, 0.3) is 17.0 Å². The van der Waals surface area contributed by atoms with Crippen molar-refractivity contribution in [2.24, 2.45) is 0 Å². The lowest BCUT2D eigenvalue weighted by molar-refractivity contribution is -0.134. The van der Waals surface area contributed by atoms with Crippen molar-refractivity contribution in [3.8, 4) is 0 Å². The molecule has 0 saturated heterocycles. The molecule has 0 bridgehead atoms. The number of likely N-dealkylation sites (N-methyl/N-ethyl adjacent to an activating group) is 1. The highest BCUT2D eigenvalue weighted by Gasteiger charge is 2.50. The summed E-state index contributed by atoms with van der Waals surface area (Å²) >= 11 is 0. The third kappa shape index (κ3) is 4.40. The molecule has 4 aromatic rings. The molecule has 5 rings (SSSR count). The fourth-order valence-corrected chi connectivity index (χ4v) is 6.37. The Balaban J connectivity index is 1.56. The van der Waals surface area contributed by atoms with Gasteiger partial charge in [-0.2, -0.15) is 0 Å². The second-order valence-corrected chi connectivity index (χ2v) is 10.6. The molecule has 37 heavy (non-hydrogen) atoms. The molecule has 4 heteroatoms. The van der Waals surface area contributed by atoms with E-state index in [1.807, 2.05) is 48.4 Å². The number of aromatic nitrogens is 1. The summed E-state index contributed by atoms with van der Waals surface area (Å²) in [6.45, 7) is 2.19. The molecular weight excluding hydrogens is 454 g/mol. The van der Waals surface area contributed by atoms with Crippen molar-refractivity contribution in [2.75, 3.05) is 21.1 Å². The molecule has 1 N–H and O–H groups in total. The molecule has 4 nitrogen and oxygen atoms in total. The van der Waals surface area contributed by atoms with Crippen molar-refractivity contribution < 1.29 is 4.79 Å². The lowest BCUT2D eigenvalue weighted by atomic mass is 9.66. The average molecular weight is 492 g/mol. The van der Waals surface area contributed by atoms with Gasteiger partial charge < -0.3 is 9.88 Å². The van der Waals surface area contributed by atoms with E-state index in [2.05, 4.69) is 85.5 Å². The van der Waals surface area contributed by atoms with Crippen molar-refractivity contribution >= 4 is 22.9 Å². The molecule has 0 radical (unpaired) electrons. The largest absolute Gasteiger partial charge is 0.356 e. The molecule has 1 heterocycles. The molecule has 0 atom stereocenters. The van der Waals surface area contributed by atoms with Crippen LogP contribution in [0.4, 0.5) is 0 Å². The van der Waals surface area contributed by atoms with Gasteiger partial charge >= 0.3 is 0 Å². The fraction of sp³-hybridized carbons (Fsp3) is 0.303. The molecule has 3 aromatic carbocycles. The predicted molar refractivity (Wildman–Crippen MR) is 153 cm³/mol. The minimum absolute atomic E-state index is 0.0268. The van der Waals surface area contributed by atoms with E-state index < -0.39 is 5.54 Å². The third-order valence-electron chi connectivity index (χ3n) is 8.69. The van der Waals surface area contributed by atoms with Gasteiger partial charge in [-0.05, 0) is 75.5 Å². The molecule has 1 saturated carbocycles. The SMILES string of the molecule is Cc1c(C2(N(C)C(=O)/C=C/c3ccccc3)CCC(c3ccccc3)(N(C)C)CC2)[nH]c2ccccc12. The number of benzene rings is 3. The van der Waals surface area contributed by atoms with Crippen LogP contribution in [-0.4, -0.2) is 41.8 Å². The van der Waals surface area contributed by atoms with Gasteiger partial charge in [-0.15, -0.1) is 0 Å². The number of aromatic amines is 1. The van der Waals surface area contributed by atoms with Gasteiger partial charge in [0.1, 0.15) is 0 Å². The van der Waals surface area contributed by atoms with Crippen LogP contribution in [-0.2, 0) is 15.9 Å². The normalized spacial score (nSPS) is 22.1. The third-order valence-corrected chi connectivity index (χ3v) is 8.69. The molecule has 1 amide bonds. The lowest BCUT2D eigenvalue weighted by Gasteiger charge is -2.53. The minimum atomic E-state index is -0.421. The Hall–Kier alpha value is -3.63. The van der Waals surface area contributed by atoms with Crippen molar-refractivity contribution in [1.29, 1.82) is 0 Å². The Bertz CT molecular complexity index is 1390. The number of hydrogen-bond acceptors (Lipinski definition) is 2. The number of carbonyl (C=O) groups excluding carboxylic acids is 1. The summed E-state index contributed by atoms with van der Waals surface area (Å²) in [4.78, 5) is 21.8. The number of carbonyl (C=O) groups is 1. The first-order valence-corrected chi connectivity index (χ1v) is 13.2. The first kappa shape index (κ1) is 25.0. The maximum Gasteiger partial charge on any atom is 0.247 e. The Morgan fingerprint density at radius 2 is 1.35 bits per heavy atom. The van der Waals surface area contributed by atoms with Crippen LogP contribution < -0.4 is 0 Å². The van der Waals surface area contributed by atoms with E-state index in [1.54, 1.807) is 6.08 Å². The van der Waals surface area contributed by atoms with Gasteiger partial charge in [-0.25, -0.2) is 0 Å². The van der Waals surface area contributed by atoms with Crippen molar-refractivity contribution in [2.45, 2.75) is 43.7 Å². The van der Waals surface area contributed by atoms with E-state index in [1.165, 1.54) is 16.5 Å². The van der Waals surface area contributed by atoms with Crippen molar-refractivity contribution in [3.63, 3.8) is 0 Å². The van der Waals surface area contributed by atoms with Gasteiger partial charge in [0.2, 0.25) is 5.91 Å². The molecule has 0 aliphatic heterocycles. The van der Waals surface area contributed by atoms with Gasteiger partial charge in [0, 0.05) is 35.3 Å². The maximum absolute atomic E-state index is 13.7. The van der Waals surface area contributed by atoms with E-state index in [-0.39, 0.29) is 11.4 Å². The summed E-state index contributed by atoms with van der Waals surface area (Å²) in [6.07, 6.45) is 7.30. The quantitative estimate of drug-likeness (QED) is 0.299. The molecule has 1 aliphatic rings. The molecule has 1 aliphatic carbocycles. The number of H-pyrrole nitrogens is 1. The van der Waals surface area contributed by atoms with E-state index in [0.717, 1.165) is 42.5 Å². The molecule has 1 fully saturated rings. The highest BCUT2D eigenvalue weighted by Crippen LogP contribution is 2.51. The van der Waals surface area contributed by atoms with Crippen molar-refractivity contribution in [3.05, 3.63) is 113 Å². The first-order valence-electron chi connectivity index (χ1n) is 13.2. The number of fused-ring (bicyclic) bond motifs is 1. The van der Waals surface area contributed by atoms with Crippen LogP contribution in [0.1, 0.15) is 48.1 Å². The summed E-state index contributed by atoms with van der Waals surface area (Å²) < 4.78 is 0. The van der Waals surface area contributed by atoms with Crippen LogP contribution in [0.2, 0.25) is 0 Å². The Morgan fingerprint density at radius 3 is 1.97 bits per heavy atom. The highest BCUT2D eigenvalue weighted by atomic mass is 16.2. The van der Waals surface area contributed by atoms with Crippen LogP contribution >= 0.6 is 0 Å². The second kappa shape index (κ2) is 10.0. The summed E-state index contributed by atoms with van der Waals surface area (Å²) in [5.41, 5.74) is 5.42. The first-order chi connectivity index (χ1) is 17.9. The van der Waals surface area contributed by atoms with Crippen LogP contribution in [0, 0.1) is 6.92 Å². The minimum Gasteiger partial charge on any atom is -0.356 e. The maximum atomic E-state index is 13.7. The average Bonchev–Trinajstić information content (AvgIpc) is 3.29. The van der Waals surface area contributed by atoms with Gasteiger partial charge in [0.25, 0.3) is 0 Å². The number of nitrogens with one attached hydrogen (secondary N) is 1. The van der Waals surface area contributed by atoms with E-state index in [9.17, 15) is 4.79 Å². The lowest BCUT2D eigenvalue weighted by Crippen LogP contribution is -2.55. The number of nitrogens with zero attached hydrogens (tertiary/aromatic N) is 2. The van der Waals surface area contributed by atoms with Gasteiger partial charge in [-0.3, -0.25) is 9.69 Å². The number of para-hydroxylation sites is 1. The number of aryl methyl sites for hydroxylation is 1. The molecule has 0 unspecified atom stereocenters. The van der Waals surface area contributed by atoms with E-state index in [0.29, 0.717) is 0 Å². The zero-order chi connectivity index (χ0) is 26.0. The number of amides is 1. The van der Waals surface area contributed by atoms with Crippen LogP contribution in [0.3, 0.4) is 0 Å². The number of hydrogen-bond donors (Lipinski definition) is 1. The topological polar surface area (TPSA) is 39.3 Å². The van der Waals surface area contributed by atoms with Gasteiger partial charge in [-0.1, -0.05) is 78.9 Å².